The monoisotopic (exact) mass is 698 g/mol. The Hall–Kier alpha value is -7.16. The summed E-state index contributed by atoms with van der Waals surface area (Å²) < 4.78 is 0. The van der Waals surface area contributed by atoms with Crippen molar-refractivity contribution >= 4 is 0 Å². The summed E-state index contributed by atoms with van der Waals surface area (Å²) in [7, 11) is 0. The average Bonchev–Trinajstić information content (AvgIpc) is 3.75. The van der Waals surface area contributed by atoms with E-state index in [-0.39, 0.29) is 5.41 Å². The van der Waals surface area contributed by atoms with Gasteiger partial charge in [-0.15, -0.1) is 0 Å². The van der Waals surface area contributed by atoms with E-state index in [1.54, 1.807) is 6.20 Å². The minimum Gasteiger partial charge on any atom is -0.264 e. The Kier molecular flexibility index (Phi) is 7.11. The van der Waals surface area contributed by atoms with Crippen LogP contribution in [0.2, 0.25) is 0 Å². The second kappa shape index (κ2) is 12.5. The molecular formula is C53H34N2. The zero-order valence-corrected chi connectivity index (χ0v) is 30.0. The Morgan fingerprint density at radius 2 is 0.782 bits per heavy atom. The van der Waals surface area contributed by atoms with Crippen molar-refractivity contribution in [2.24, 2.45) is 0 Å². The first-order valence-corrected chi connectivity index (χ1v) is 18.9. The summed E-state index contributed by atoms with van der Waals surface area (Å²) in [5.74, 6) is 0. The molecule has 2 aliphatic rings. The quantitative estimate of drug-likeness (QED) is 0.179. The van der Waals surface area contributed by atoms with Crippen LogP contribution in [0.15, 0.2) is 207 Å². The number of rotatable bonds is 5. The molecule has 7 aromatic carbocycles. The summed E-state index contributed by atoms with van der Waals surface area (Å²) in [5.41, 5.74) is 21.4. The molecule has 0 amide bonds. The number of fused-ring (bicyclic) bond motifs is 10. The van der Waals surface area contributed by atoms with E-state index in [1.165, 1.54) is 55.6 Å². The van der Waals surface area contributed by atoms with Crippen molar-refractivity contribution in [2.75, 3.05) is 0 Å². The highest BCUT2D eigenvalue weighted by Gasteiger charge is 2.51. The van der Waals surface area contributed by atoms with Gasteiger partial charge < -0.3 is 0 Å². The van der Waals surface area contributed by atoms with Crippen LogP contribution < -0.4 is 0 Å². The molecule has 9 aromatic rings. The fraction of sp³-hybridized carbons (Fsp3) is 0.0189. The van der Waals surface area contributed by atoms with Gasteiger partial charge >= 0.3 is 0 Å². The highest BCUT2D eigenvalue weighted by Crippen LogP contribution is 2.63. The van der Waals surface area contributed by atoms with Gasteiger partial charge in [-0.1, -0.05) is 176 Å². The highest BCUT2D eigenvalue weighted by molar-refractivity contribution is 6.00. The molecule has 55 heavy (non-hydrogen) atoms. The van der Waals surface area contributed by atoms with E-state index in [4.69, 9.17) is 4.98 Å². The lowest BCUT2D eigenvalue weighted by atomic mass is 9.70. The van der Waals surface area contributed by atoms with E-state index in [1.807, 2.05) is 12.3 Å². The van der Waals surface area contributed by atoms with Gasteiger partial charge in [0.25, 0.3) is 0 Å². The highest BCUT2D eigenvalue weighted by atomic mass is 14.7. The molecule has 0 aliphatic heterocycles. The van der Waals surface area contributed by atoms with Crippen molar-refractivity contribution in [2.45, 2.75) is 5.41 Å². The van der Waals surface area contributed by atoms with Crippen LogP contribution in [-0.4, -0.2) is 9.97 Å². The molecule has 2 heteroatoms. The van der Waals surface area contributed by atoms with Crippen molar-refractivity contribution in [3.8, 4) is 78.1 Å². The lowest BCUT2D eigenvalue weighted by molar-refractivity contribution is 0.794. The zero-order valence-electron chi connectivity index (χ0n) is 30.0. The van der Waals surface area contributed by atoms with Gasteiger partial charge in [0.1, 0.15) is 0 Å². The van der Waals surface area contributed by atoms with E-state index in [9.17, 15) is 0 Å². The van der Waals surface area contributed by atoms with Gasteiger partial charge in [0, 0.05) is 23.5 Å². The Morgan fingerprint density at radius 3 is 1.42 bits per heavy atom. The molecule has 0 saturated heterocycles. The topological polar surface area (TPSA) is 25.8 Å². The third-order valence-electron chi connectivity index (χ3n) is 11.6. The van der Waals surface area contributed by atoms with Crippen LogP contribution in [0.4, 0.5) is 0 Å². The number of nitrogens with zero attached hydrogens (tertiary/aromatic N) is 2. The summed E-state index contributed by atoms with van der Waals surface area (Å²) in [4.78, 5) is 9.49. The van der Waals surface area contributed by atoms with Crippen molar-refractivity contribution in [3.05, 3.63) is 229 Å². The number of benzene rings is 7. The van der Waals surface area contributed by atoms with Gasteiger partial charge in [-0.2, -0.15) is 0 Å². The lowest BCUT2D eigenvalue weighted by Gasteiger charge is -2.30. The largest absolute Gasteiger partial charge is 0.264 e. The van der Waals surface area contributed by atoms with Crippen LogP contribution in [0, 0.1) is 0 Å². The van der Waals surface area contributed by atoms with Gasteiger partial charge in [-0.25, -0.2) is 4.98 Å². The van der Waals surface area contributed by atoms with Gasteiger partial charge in [-0.3, -0.25) is 4.98 Å². The second-order valence-corrected chi connectivity index (χ2v) is 14.5. The SMILES string of the molecule is c1ccc(-c2cc(-c3ccc(-c4cccc5c4-c4ccccc4C54c5ccccc5-c5ccccc54)cc3)cc(-c3ccc(-c4cccnc4)cc3)n2)cc1. The van der Waals surface area contributed by atoms with Crippen LogP contribution in [0.5, 0.6) is 0 Å². The minimum atomic E-state index is -0.355. The molecule has 2 nitrogen and oxygen atoms in total. The van der Waals surface area contributed by atoms with Gasteiger partial charge in [-0.05, 0) is 96.1 Å². The summed E-state index contributed by atoms with van der Waals surface area (Å²) in [5, 5.41) is 0. The Balaban J connectivity index is 1.03. The third kappa shape index (κ3) is 4.82. The fourth-order valence-electron chi connectivity index (χ4n) is 9.20. The third-order valence-corrected chi connectivity index (χ3v) is 11.6. The smallest absolute Gasteiger partial charge is 0.0725 e. The number of pyridine rings is 2. The second-order valence-electron chi connectivity index (χ2n) is 14.5. The zero-order chi connectivity index (χ0) is 36.3. The molecule has 2 aromatic heterocycles. The van der Waals surface area contributed by atoms with Crippen molar-refractivity contribution in [3.63, 3.8) is 0 Å². The molecular weight excluding hydrogens is 665 g/mol. The van der Waals surface area contributed by atoms with Crippen molar-refractivity contribution in [1.82, 2.24) is 9.97 Å². The molecule has 0 fully saturated rings. The molecule has 0 bridgehead atoms. The number of aromatic nitrogens is 2. The number of hydrogen-bond donors (Lipinski definition) is 0. The summed E-state index contributed by atoms with van der Waals surface area (Å²) in [6, 6.07) is 70.6. The van der Waals surface area contributed by atoms with Crippen molar-refractivity contribution < 1.29 is 0 Å². The molecule has 2 aliphatic carbocycles. The van der Waals surface area contributed by atoms with Gasteiger partial charge in [0.05, 0.1) is 16.8 Å². The molecule has 2 heterocycles. The van der Waals surface area contributed by atoms with Crippen LogP contribution in [0.25, 0.3) is 78.1 Å². The molecule has 1 spiro atoms. The summed E-state index contributed by atoms with van der Waals surface area (Å²) in [6.07, 6.45) is 3.71. The summed E-state index contributed by atoms with van der Waals surface area (Å²) in [6.45, 7) is 0. The van der Waals surface area contributed by atoms with Crippen LogP contribution in [-0.2, 0) is 5.41 Å². The van der Waals surface area contributed by atoms with E-state index < -0.39 is 0 Å². The molecule has 0 atom stereocenters. The summed E-state index contributed by atoms with van der Waals surface area (Å²) >= 11 is 0. The predicted molar refractivity (Wildman–Crippen MR) is 226 cm³/mol. The average molecular weight is 699 g/mol. The molecule has 256 valence electrons. The predicted octanol–water partition coefficient (Wildman–Crippen LogP) is 13.2. The van der Waals surface area contributed by atoms with E-state index in [0.717, 1.165) is 44.8 Å². The molecule has 11 rings (SSSR count). The molecule has 0 unspecified atom stereocenters. The molecule has 0 N–H and O–H groups in total. The first kappa shape index (κ1) is 31.4. The standard InChI is InChI=1S/C53H34N2/c1-2-12-38(13-3-1)50-32-41(33-51(55-50)39-29-25-35(26-30-39)40-14-11-31-54-34-40)36-23-27-37(28-24-36)42-18-10-22-49-52(42)45-17-6-9-21-48(45)53(49)46-19-7-4-15-43(46)44-16-5-8-20-47(44)53/h1-34H. The maximum atomic E-state index is 5.18. The van der Waals surface area contributed by atoms with Crippen molar-refractivity contribution in [1.29, 1.82) is 0 Å². The first-order valence-electron chi connectivity index (χ1n) is 18.9. The van der Waals surface area contributed by atoms with Crippen LogP contribution in [0.1, 0.15) is 22.3 Å². The van der Waals surface area contributed by atoms with Crippen LogP contribution in [0.3, 0.4) is 0 Å². The number of hydrogen-bond acceptors (Lipinski definition) is 2. The van der Waals surface area contributed by atoms with E-state index >= 15 is 0 Å². The maximum Gasteiger partial charge on any atom is 0.0725 e. The Morgan fingerprint density at radius 1 is 0.309 bits per heavy atom. The van der Waals surface area contributed by atoms with Gasteiger partial charge in [0.15, 0.2) is 0 Å². The minimum absolute atomic E-state index is 0.355. The fourth-order valence-corrected chi connectivity index (χ4v) is 9.20. The molecule has 0 radical (unpaired) electrons. The lowest BCUT2D eigenvalue weighted by Crippen LogP contribution is -2.25. The van der Waals surface area contributed by atoms with E-state index in [2.05, 4.69) is 193 Å². The Bertz CT molecular complexity index is 2850. The first-order chi connectivity index (χ1) is 27.3. The normalized spacial score (nSPS) is 12.9. The van der Waals surface area contributed by atoms with Gasteiger partial charge in [0.2, 0.25) is 0 Å². The van der Waals surface area contributed by atoms with E-state index in [0.29, 0.717) is 0 Å². The van der Waals surface area contributed by atoms with Crippen LogP contribution >= 0.6 is 0 Å². The maximum absolute atomic E-state index is 5.18. The Labute approximate surface area is 321 Å². The molecule has 0 saturated carbocycles.